The molecule has 0 fully saturated rings. The van der Waals surface area contributed by atoms with E-state index in [-0.39, 0.29) is 17.2 Å². The first kappa shape index (κ1) is 18.6. The minimum atomic E-state index is -0.556. The van der Waals surface area contributed by atoms with Crippen molar-refractivity contribution in [2.75, 3.05) is 21.3 Å². The van der Waals surface area contributed by atoms with Gasteiger partial charge in [0.15, 0.2) is 11.5 Å². The SMILES string of the molecule is COC(=O)c1ccc(COC(=O)c2cc(Cl)c(OC)c(OC)c2)cc1. The molecule has 0 aromatic heterocycles. The summed E-state index contributed by atoms with van der Waals surface area (Å²) in [6, 6.07) is 9.51. The second-order valence-corrected chi connectivity index (χ2v) is 5.37. The molecule has 0 saturated carbocycles. The van der Waals surface area contributed by atoms with Crippen molar-refractivity contribution in [2.45, 2.75) is 6.61 Å². The molecule has 132 valence electrons. The minimum absolute atomic E-state index is 0.0479. The van der Waals surface area contributed by atoms with E-state index in [2.05, 4.69) is 4.74 Å². The van der Waals surface area contributed by atoms with Gasteiger partial charge in [-0.3, -0.25) is 0 Å². The van der Waals surface area contributed by atoms with Gasteiger partial charge < -0.3 is 18.9 Å². The molecule has 2 aromatic rings. The first-order valence-corrected chi connectivity index (χ1v) is 7.63. The normalized spacial score (nSPS) is 10.1. The summed E-state index contributed by atoms with van der Waals surface area (Å²) in [5.74, 6) is -0.299. The number of hydrogen-bond acceptors (Lipinski definition) is 6. The highest BCUT2D eigenvalue weighted by Crippen LogP contribution is 2.36. The molecule has 0 saturated heterocycles. The summed E-state index contributed by atoms with van der Waals surface area (Å²) in [5, 5.41) is 0.247. The van der Waals surface area contributed by atoms with Gasteiger partial charge in [-0.2, -0.15) is 0 Å². The van der Waals surface area contributed by atoms with Crippen LogP contribution in [0.4, 0.5) is 0 Å². The van der Waals surface area contributed by atoms with Gasteiger partial charge in [-0.1, -0.05) is 23.7 Å². The Morgan fingerprint density at radius 1 is 0.920 bits per heavy atom. The molecule has 6 nitrogen and oxygen atoms in total. The molecule has 25 heavy (non-hydrogen) atoms. The zero-order chi connectivity index (χ0) is 18.4. The Kier molecular flexibility index (Phi) is 6.25. The summed E-state index contributed by atoms with van der Waals surface area (Å²) < 4.78 is 20.2. The lowest BCUT2D eigenvalue weighted by molar-refractivity contribution is 0.0471. The largest absolute Gasteiger partial charge is 0.493 e. The number of rotatable bonds is 6. The summed E-state index contributed by atoms with van der Waals surface area (Å²) in [6.07, 6.45) is 0. The van der Waals surface area contributed by atoms with Crippen molar-refractivity contribution in [1.82, 2.24) is 0 Å². The van der Waals surface area contributed by atoms with E-state index in [4.69, 9.17) is 25.8 Å². The lowest BCUT2D eigenvalue weighted by Crippen LogP contribution is -2.07. The Bertz CT molecular complexity index is 770. The molecule has 2 rings (SSSR count). The van der Waals surface area contributed by atoms with E-state index in [1.807, 2.05) is 0 Å². The van der Waals surface area contributed by atoms with Crippen LogP contribution in [0.15, 0.2) is 36.4 Å². The van der Waals surface area contributed by atoms with Crippen molar-refractivity contribution in [3.05, 3.63) is 58.1 Å². The molecule has 0 heterocycles. The van der Waals surface area contributed by atoms with Crippen LogP contribution in [-0.2, 0) is 16.1 Å². The van der Waals surface area contributed by atoms with Gasteiger partial charge in [0.2, 0.25) is 0 Å². The van der Waals surface area contributed by atoms with E-state index in [9.17, 15) is 9.59 Å². The number of hydrogen-bond donors (Lipinski definition) is 0. The average Bonchev–Trinajstić information content (AvgIpc) is 2.65. The number of benzene rings is 2. The van der Waals surface area contributed by atoms with Crippen molar-refractivity contribution < 1.29 is 28.5 Å². The molecular weight excluding hydrogens is 348 g/mol. The highest BCUT2D eigenvalue weighted by Gasteiger charge is 2.16. The third kappa shape index (κ3) is 4.42. The third-order valence-electron chi connectivity index (χ3n) is 3.41. The lowest BCUT2D eigenvalue weighted by Gasteiger charge is -2.11. The summed E-state index contributed by atoms with van der Waals surface area (Å²) >= 11 is 6.08. The predicted octanol–water partition coefficient (Wildman–Crippen LogP) is 3.50. The number of halogens is 1. The predicted molar refractivity (Wildman–Crippen MR) is 91.5 cm³/mol. The second-order valence-electron chi connectivity index (χ2n) is 4.96. The Labute approximate surface area is 150 Å². The molecule has 0 unspecified atom stereocenters. The van der Waals surface area contributed by atoms with Crippen LogP contribution in [0, 0.1) is 0 Å². The van der Waals surface area contributed by atoms with E-state index in [0.717, 1.165) is 5.56 Å². The molecule has 0 aliphatic heterocycles. The lowest BCUT2D eigenvalue weighted by atomic mass is 10.1. The van der Waals surface area contributed by atoms with Crippen LogP contribution in [0.5, 0.6) is 11.5 Å². The van der Waals surface area contributed by atoms with E-state index >= 15 is 0 Å². The highest BCUT2D eigenvalue weighted by molar-refractivity contribution is 6.32. The van der Waals surface area contributed by atoms with Crippen LogP contribution in [0.25, 0.3) is 0 Å². The van der Waals surface area contributed by atoms with E-state index in [1.54, 1.807) is 24.3 Å². The molecule has 0 amide bonds. The minimum Gasteiger partial charge on any atom is -0.493 e. The molecule has 0 radical (unpaired) electrons. The van der Waals surface area contributed by atoms with Gasteiger partial charge in [-0.05, 0) is 29.8 Å². The monoisotopic (exact) mass is 364 g/mol. The fraction of sp³-hybridized carbons (Fsp3) is 0.222. The number of ether oxygens (including phenoxy) is 4. The Morgan fingerprint density at radius 2 is 1.60 bits per heavy atom. The van der Waals surface area contributed by atoms with Crippen LogP contribution >= 0.6 is 11.6 Å². The van der Waals surface area contributed by atoms with Crippen molar-refractivity contribution in [3.63, 3.8) is 0 Å². The van der Waals surface area contributed by atoms with E-state index in [0.29, 0.717) is 17.1 Å². The molecule has 0 N–H and O–H groups in total. The first-order chi connectivity index (χ1) is 12.0. The van der Waals surface area contributed by atoms with Gasteiger partial charge >= 0.3 is 11.9 Å². The topological polar surface area (TPSA) is 71.1 Å². The summed E-state index contributed by atoms with van der Waals surface area (Å²) in [6.45, 7) is 0.0479. The zero-order valence-electron chi connectivity index (χ0n) is 14.0. The molecule has 2 aromatic carbocycles. The van der Waals surface area contributed by atoms with Crippen molar-refractivity contribution in [1.29, 1.82) is 0 Å². The van der Waals surface area contributed by atoms with Gasteiger partial charge in [0, 0.05) is 0 Å². The van der Waals surface area contributed by atoms with Crippen molar-refractivity contribution in [3.8, 4) is 11.5 Å². The molecule has 7 heteroatoms. The molecule has 0 aliphatic carbocycles. The Morgan fingerprint density at radius 3 is 2.16 bits per heavy atom. The zero-order valence-corrected chi connectivity index (χ0v) is 14.8. The smallest absolute Gasteiger partial charge is 0.338 e. The van der Waals surface area contributed by atoms with Gasteiger partial charge in [-0.25, -0.2) is 9.59 Å². The molecule has 0 atom stereocenters. The van der Waals surface area contributed by atoms with Crippen LogP contribution < -0.4 is 9.47 Å². The van der Waals surface area contributed by atoms with Crippen LogP contribution in [0.1, 0.15) is 26.3 Å². The summed E-state index contributed by atoms with van der Waals surface area (Å²) in [4.78, 5) is 23.6. The van der Waals surface area contributed by atoms with Gasteiger partial charge in [0.1, 0.15) is 6.61 Å². The third-order valence-corrected chi connectivity index (χ3v) is 3.69. The summed E-state index contributed by atoms with van der Waals surface area (Å²) in [5.41, 5.74) is 1.39. The van der Waals surface area contributed by atoms with Crippen LogP contribution in [0.2, 0.25) is 5.02 Å². The van der Waals surface area contributed by atoms with E-state index in [1.165, 1.54) is 33.5 Å². The van der Waals surface area contributed by atoms with Gasteiger partial charge in [0.05, 0.1) is 37.5 Å². The molecular formula is C18H17ClO6. The quantitative estimate of drug-likeness (QED) is 0.730. The first-order valence-electron chi connectivity index (χ1n) is 7.26. The van der Waals surface area contributed by atoms with E-state index < -0.39 is 11.9 Å². The number of esters is 2. The fourth-order valence-electron chi connectivity index (χ4n) is 2.12. The number of carbonyl (C=O) groups is 2. The molecule has 0 aliphatic rings. The van der Waals surface area contributed by atoms with Crippen molar-refractivity contribution in [2.24, 2.45) is 0 Å². The summed E-state index contributed by atoms with van der Waals surface area (Å²) in [7, 11) is 4.22. The molecule has 0 spiro atoms. The standard InChI is InChI=1S/C18H17ClO6/c1-22-15-9-13(8-14(19)16(15)23-2)18(21)25-10-11-4-6-12(7-5-11)17(20)24-3/h4-9H,10H2,1-3H3. The van der Waals surface area contributed by atoms with Crippen molar-refractivity contribution >= 4 is 23.5 Å². The van der Waals surface area contributed by atoms with Gasteiger partial charge in [0.25, 0.3) is 0 Å². The second kappa shape index (κ2) is 8.39. The highest BCUT2D eigenvalue weighted by atomic mass is 35.5. The fourth-order valence-corrected chi connectivity index (χ4v) is 2.41. The number of carbonyl (C=O) groups excluding carboxylic acids is 2. The maximum absolute atomic E-state index is 12.2. The van der Waals surface area contributed by atoms with Crippen LogP contribution in [0.3, 0.4) is 0 Å². The maximum atomic E-state index is 12.2. The molecule has 0 bridgehead atoms. The van der Waals surface area contributed by atoms with Gasteiger partial charge in [-0.15, -0.1) is 0 Å². The number of methoxy groups -OCH3 is 3. The maximum Gasteiger partial charge on any atom is 0.338 e. The Hall–Kier alpha value is -2.73. The van der Waals surface area contributed by atoms with Crippen LogP contribution in [-0.4, -0.2) is 33.3 Å². The Balaban J connectivity index is 2.07. The average molecular weight is 365 g/mol.